The first kappa shape index (κ1) is 15.1. The summed E-state index contributed by atoms with van der Waals surface area (Å²) in [5, 5.41) is 3.68. The number of nitrogens with one attached hydrogen (secondary N) is 2. The van der Waals surface area contributed by atoms with Gasteiger partial charge < -0.3 is 10.3 Å². The van der Waals surface area contributed by atoms with Crippen molar-refractivity contribution in [3.8, 4) is 0 Å². The number of rotatable bonds is 1. The molecule has 2 aromatic rings. The summed E-state index contributed by atoms with van der Waals surface area (Å²) < 4.78 is 1.10. The zero-order valence-electron chi connectivity index (χ0n) is 10.2. The fourth-order valence-electron chi connectivity index (χ4n) is 3.31. The molecule has 0 amide bonds. The molecule has 0 spiro atoms. The first-order valence-electron chi connectivity index (χ1n) is 6.21. The Balaban J connectivity index is 0.000000667. The monoisotopic (exact) mass is 363 g/mol. The lowest BCUT2D eigenvalue weighted by Crippen LogP contribution is -2.29. The van der Waals surface area contributed by atoms with Crippen LogP contribution >= 0.6 is 40.7 Å². The van der Waals surface area contributed by atoms with Gasteiger partial charge in [-0.25, -0.2) is 4.98 Å². The molecule has 2 heterocycles. The topological polar surface area (TPSA) is 40.7 Å². The van der Waals surface area contributed by atoms with Crippen molar-refractivity contribution in [1.29, 1.82) is 0 Å². The number of aromatic nitrogens is 2. The van der Waals surface area contributed by atoms with Gasteiger partial charge in [-0.3, -0.25) is 0 Å². The van der Waals surface area contributed by atoms with E-state index in [1.165, 1.54) is 19.3 Å². The standard InChI is InChI=1S/C13H14BrN3.2ClH/c14-8-2-4-10-11(6-8)17-13(16-10)12-7-1-3-9(5-7)15-12;;/h2,4,6-7,9,12,15H,1,3,5H2,(H,16,17);2*1H/t7-,9+,12-;;/m0../s1. The highest BCUT2D eigenvalue weighted by Gasteiger charge is 2.41. The fraction of sp³-hybridized carbons (Fsp3) is 0.462. The molecule has 2 fully saturated rings. The molecular weight excluding hydrogens is 349 g/mol. The lowest BCUT2D eigenvalue weighted by atomic mass is 10.00. The number of aromatic amines is 1. The molecule has 1 aromatic heterocycles. The van der Waals surface area contributed by atoms with E-state index in [0.717, 1.165) is 33.3 Å². The van der Waals surface area contributed by atoms with Crippen LogP contribution in [0.2, 0.25) is 0 Å². The highest BCUT2D eigenvalue weighted by atomic mass is 79.9. The number of fused-ring (bicyclic) bond motifs is 3. The maximum absolute atomic E-state index is 4.72. The van der Waals surface area contributed by atoms with E-state index >= 15 is 0 Å². The summed E-state index contributed by atoms with van der Waals surface area (Å²) in [5.41, 5.74) is 2.19. The minimum Gasteiger partial charge on any atom is -0.341 e. The first-order chi connectivity index (χ1) is 8.29. The van der Waals surface area contributed by atoms with Crippen molar-refractivity contribution in [3.63, 3.8) is 0 Å². The van der Waals surface area contributed by atoms with Crippen molar-refractivity contribution in [2.45, 2.75) is 31.3 Å². The van der Waals surface area contributed by atoms with E-state index in [1.54, 1.807) is 0 Å². The van der Waals surface area contributed by atoms with E-state index in [2.05, 4.69) is 38.4 Å². The molecule has 19 heavy (non-hydrogen) atoms. The van der Waals surface area contributed by atoms with Gasteiger partial charge in [0, 0.05) is 10.5 Å². The van der Waals surface area contributed by atoms with Crippen LogP contribution in [0.25, 0.3) is 11.0 Å². The molecular formula is C13H16BrCl2N3. The van der Waals surface area contributed by atoms with E-state index in [9.17, 15) is 0 Å². The Bertz CT molecular complexity index is 586. The molecule has 1 aromatic carbocycles. The normalized spacial score (nSPS) is 28.2. The van der Waals surface area contributed by atoms with Gasteiger partial charge in [0.2, 0.25) is 0 Å². The molecule has 0 radical (unpaired) electrons. The number of halogens is 3. The van der Waals surface area contributed by atoms with Crippen LogP contribution in [0.3, 0.4) is 0 Å². The van der Waals surface area contributed by atoms with Gasteiger partial charge in [0.05, 0.1) is 17.1 Å². The average Bonchev–Trinajstić information content (AvgIpc) is 3.01. The Labute approximate surface area is 132 Å². The number of piperidine rings is 1. The molecule has 104 valence electrons. The summed E-state index contributed by atoms with van der Waals surface area (Å²) >= 11 is 3.49. The minimum atomic E-state index is 0. The molecule has 1 saturated carbocycles. The van der Waals surface area contributed by atoms with E-state index in [0.29, 0.717) is 6.04 Å². The number of imidazole rings is 1. The number of hydrogen-bond acceptors (Lipinski definition) is 2. The van der Waals surface area contributed by atoms with Crippen LogP contribution in [-0.2, 0) is 0 Å². The smallest absolute Gasteiger partial charge is 0.124 e. The van der Waals surface area contributed by atoms with Crippen molar-refractivity contribution in [3.05, 3.63) is 28.5 Å². The maximum Gasteiger partial charge on any atom is 0.124 e. The van der Waals surface area contributed by atoms with Crippen molar-refractivity contribution < 1.29 is 0 Å². The molecule has 1 aliphatic carbocycles. The third kappa shape index (κ3) is 2.51. The molecule has 3 nitrogen and oxygen atoms in total. The zero-order valence-corrected chi connectivity index (χ0v) is 13.4. The quantitative estimate of drug-likeness (QED) is 0.803. The second-order valence-electron chi connectivity index (χ2n) is 5.20. The molecule has 2 N–H and O–H groups in total. The van der Waals surface area contributed by atoms with Crippen LogP contribution in [0, 0.1) is 5.92 Å². The van der Waals surface area contributed by atoms with E-state index in [-0.39, 0.29) is 24.8 Å². The van der Waals surface area contributed by atoms with Crippen LogP contribution in [0.4, 0.5) is 0 Å². The predicted octanol–water partition coefficient (Wildman–Crippen LogP) is 3.98. The highest BCUT2D eigenvalue weighted by molar-refractivity contribution is 9.10. The molecule has 2 bridgehead atoms. The summed E-state index contributed by atoms with van der Waals surface area (Å²) in [4.78, 5) is 8.18. The summed E-state index contributed by atoms with van der Waals surface area (Å²) in [7, 11) is 0. The number of hydrogen-bond donors (Lipinski definition) is 2. The summed E-state index contributed by atoms with van der Waals surface area (Å²) in [6, 6.07) is 7.37. The van der Waals surface area contributed by atoms with Gasteiger partial charge in [-0.1, -0.05) is 15.9 Å². The molecule has 3 atom stereocenters. The van der Waals surface area contributed by atoms with Gasteiger partial charge >= 0.3 is 0 Å². The Kier molecular flexibility index (Phi) is 4.45. The van der Waals surface area contributed by atoms with Gasteiger partial charge in [-0.05, 0) is 43.4 Å². The number of benzene rings is 1. The zero-order chi connectivity index (χ0) is 11.4. The van der Waals surface area contributed by atoms with E-state index < -0.39 is 0 Å². The van der Waals surface area contributed by atoms with Crippen molar-refractivity contribution in [2.75, 3.05) is 0 Å². The summed E-state index contributed by atoms with van der Waals surface area (Å²) in [6.45, 7) is 0. The Morgan fingerprint density at radius 3 is 2.74 bits per heavy atom. The van der Waals surface area contributed by atoms with Crippen molar-refractivity contribution in [1.82, 2.24) is 15.3 Å². The van der Waals surface area contributed by atoms with E-state index in [1.807, 2.05) is 6.07 Å². The van der Waals surface area contributed by atoms with Crippen molar-refractivity contribution >= 4 is 51.8 Å². The highest BCUT2D eigenvalue weighted by Crippen LogP contribution is 2.42. The SMILES string of the molecule is Brc1ccc2nc([C@H]3N[C@@H]4CC[C@H]3C4)[nH]c2c1.Cl.Cl. The van der Waals surface area contributed by atoms with Gasteiger partial charge in [0.1, 0.15) is 5.82 Å². The molecule has 2 aliphatic rings. The molecule has 1 saturated heterocycles. The van der Waals surface area contributed by atoms with Gasteiger partial charge in [-0.2, -0.15) is 0 Å². The second-order valence-corrected chi connectivity index (χ2v) is 6.11. The van der Waals surface area contributed by atoms with Crippen LogP contribution in [0.5, 0.6) is 0 Å². The van der Waals surface area contributed by atoms with Crippen molar-refractivity contribution in [2.24, 2.45) is 5.92 Å². The summed E-state index contributed by atoms with van der Waals surface area (Å²) in [6.07, 6.45) is 4.02. The lowest BCUT2D eigenvalue weighted by molar-refractivity contribution is 0.380. The third-order valence-electron chi connectivity index (χ3n) is 4.12. The largest absolute Gasteiger partial charge is 0.341 e. The fourth-order valence-corrected chi connectivity index (χ4v) is 3.67. The molecule has 0 unspecified atom stereocenters. The Morgan fingerprint density at radius 2 is 2.05 bits per heavy atom. The third-order valence-corrected chi connectivity index (χ3v) is 4.61. The van der Waals surface area contributed by atoms with Gasteiger partial charge in [-0.15, -0.1) is 24.8 Å². The number of H-pyrrole nitrogens is 1. The van der Waals surface area contributed by atoms with Gasteiger partial charge in [0.15, 0.2) is 0 Å². The van der Waals surface area contributed by atoms with Crippen LogP contribution in [-0.4, -0.2) is 16.0 Å². The van der Waals surface area contributed by atoms with Crippen LogP contribution in [0.1, 0.15) is 31.1 Å². The summed E-state index contributed by atoms with van der Waals surface area (Å²) in [5.74, 6) is 1.90. The Morgan fingerprint density at radius 1 is 1.21 bits per heavy atom. The lowest BCUT2D eigenvalue weighted by Gasteiger charge is -2.20. The second kappa shape index (κ2) is 5.60. The van der Waals surface area contributed by atoms with Gasteiger partial charge in [0.25, 0.3) is 0 Å². The minimum absolute atomic E-state index is 0. The van der Waals surface area contributed by atoms with Crippen LogP contribution < -0.4 is 5.32 Å². The molecule has 6 heteroatoms. The molecule has 1 aliphatic heterocycles. The first-order valence-corrected chi connectivity index (χ1v) is 7.00. The van der Waals surface area contributed by atoms with Crippen LogP contribution in [0.15, 0.2) is 22.7 Å². The predicted molar refractivity (Wildman–Crippen MR) is 85.3 cm³/mol. The Hall–Kier alpha value is -0.290. The number of nitrogens with zero attached hydrogens (tertiary/aromatic N) is 1. The maximum atomic E-state index is 4.72. The average molecular weight is 365 g/mol. The molecule has 4 rings (SSSR count). The van der Waals surface area contributed by atoms with E-state index in [4.69, 9.17) is 4.98 Å².